The van der Waals surface area contributed by atoms with E-state index in [-0.39, 0.29) is 0 Å². The second-order valence-electron chi connectivity index (χ2n) is 5.62. The summed E-state index contributed by atoms with van der Waals surface area (Å²) in [6.07, 6.45) is 6.57. The van der Waals surface area contributed by atoms with E-state index in [0.717, 1.165) is 17.6 Å². The van der Waals surface area contributed by atoms with Gasteiger partial charge < -0.3 is 5.26 Å². The van der Waals surface area contributed by atoms with Crippen molar-refractivity contribution in [2.24, 2.45) is 29.1 Å². The van der Waals surface area contributed by atoms with Gasteiger partial charge in [-0.15, -0.1) is 0 Å². The van der Waals surface area contributed by atoms with Crippen molar-refractivity contribution in [3.63, 3.8) is 0 Å². The molecule has 13 heavy (non-hydrogen) atoms. The van der Waals surface area contributed by atoms with E-state index < -0.39 is 0 Å². The predicted molar refractivity (Wildman–Crippen MR) is 44.5 cm³/mol. The fourth-order valence-corrected chi connectivity index (χ4v) is 5.07. The highest BCUT2D eigenvalue weighted by Crippen LogP contribution is 2.74. The molecular formula is C11H14O2. The Kier molecular flexibility index (Phi) is 0.946. The van der Waals surface area contributed by atoms with Crippen LogP contribution < -0.4 is 5.26 Å². The zero-order valence-electron chi connectivity index (χ0n) is 7.66. The summed E-state index contributed by atoms with van der Waals surface area (Å²) < 4.78 is 4.38. The Morgan fingerprint density at radius 3 is 2.23 bits per heavy atom. The Hall–Kier alpha value is -0.530. The molecule has 4 fully saturated rings. The molecule has 0 saturated heterocycles. The van der Waals surface area contributed by atoms with E-state index >= 15 is 0 Å². The number of hydrogen-bond acceptors (Lipinski definition) is 1. The zero-order chi connectivity index (χ0) is 8.63. The molecule has 0 aromatic carbocycles. The summed E-state index contributed by atoms with van der Waals surface area (Å²) in [6.45, 7) is 0. The maximum absolute atomic E-state index is 10.6. The fraction of sp³-hybridized carbons (Fsp3) is 0.909. The van der Waals surface area contributed by atoms with Gasteiger partial charge in [0.05, 0.1) is 11.8 Å². The molecule has 0 aliphatic heterocycles. The third kappa shape index (κ3) is 0.544. The van der Waals surface area contributed by atoms with Crippen LogP contribution in [-0.4, -0.2) is 5.78 Å². The van der Waals surface area contributed by atoms with E-state index in [9.17, 15) is 5.26 Å². The van der Waals surface area contributed by atoms with Crippen LogP contribution in [0.5, 0.6) is 0 Å². The van der Waals surface area contributed by atoms with Crippen molar-refractivity contribution in [3.8, 4) is 0 Å². The van der Waals surface area contributed by atoms with Crippen molar-refractivity contribution >= 4 is 5.78 Å². The van der Waals surface area contributed by atoms with E-state index in [0.29, 0.717) is 17.3 Å². The summed E-state index contributed by atoms with van der Waals surface area (Å²) in [5, 5.41) is 10.6. The average molecular weight is 178 g/mol. The van der Waals surface area contributed by atoms with Crippen LogP contribution in [-0.2, 0) is 4.58 Å². The molecule has 0 amide bonds. The minimum atomic E-state index is 0.550. The Morgan fingerprint density at radius 2 is 1.69 bits per heavy atom. The molecule has 2 heteroatoms. The maximum Gasteiger partial charge on any atom is 0.335 e. The van der Waals surface area contributed by atoms with Crippen molar-refractivity contribution in [2.45, 2.75) is 32.1 Å². The molecule has 4 atom stereocenters. The lowest BCUT2D eigenvalue weighted by Gasteiger charge is -2.48. The molecule has 2 nitrogen and oxygen atoms in total. The third-order valence-electron chi connectivity index (χ3n) is 5.49. The zero-order valence-corrected chi connectivity index (χ0v) is 7.66. The van der Waals surface area contributed by atoms with Gasteiger partial charge in [-0.1, -0.05) is 0 Å². The minimum absolute atomic E-state index is 0.550. The van der Waals surface area contributed by atoms with Crippen LogP contribution in [0.3, 0.4) is 0 Å². The van der Waals surface area contributed by atoms with Gasteiger partial charge in [-0.3, -0.25) is 0 Å². The van der Waals surface area contributed by atoms with Crippen LogP contribution in [0.1, 0.15) is 32.1 Å². The Bertz CT molecular complexity index is 281. The molecule has 4 rings (SSSR count). The highest BCUT2D eigenvalue weighted by atomic mass is 17.1. The first-order chi connectivity index (χ1) is 6.33. The van der Waals surface area contributed by atoms with Crippen LogP contribution in [0.2, 0.25) is 0 Å². The summed E-state index contributed by atoms with van der Waals surface area (Å²) in [4.78, 5) is 0. The van der Waals surface area contributed by atoms with E-state index in [1.807, 2.05) is 0 Å². The van der Waals surface area contributed by atoms with Gasteiger partial charge in [0, 0.05) is 0 Å². The van der Waals surface area contributed by atoms with Crippen LogP contribution in [0.25, 0.3) is 0 Å². The lowest BCUT2D eigenvalue weighted by atomic mass is 9.56. The standard InChI is InChI=1S/C11H14O2/c12-13-10-6-1-8-3-9-2-7(10)5-11(8,9)4-6/h6-9H,1-5H2. The van der Waals surface area contributed by atoms with Gasteiger partial charge in [0.25, 0.3) is 0 Å². The molecule has 4 saturated carbocycles. The number of fused-ring (bicyclic) bond motifs is 2. The summed E-state index contributed by atoms with van der Waals surface area (Å²) >= 11 is 0. The molecular weight excluding hydrogens is 164 g/mol. The van der Waals surface area contributed by atoms with Gasteiger partial charge in [-0.05, 0) is 49.4 Å². The highest BCUT2D eigenvalue weighted by Gasteiger charge is 2.71. The average Bonchev–Trinajstić information content (AvgIpc) is 2.48. The van der Waals surface area contributed by atoms with Crippen LogP contribution in [0, 0.1) is 29.1 Å². The van der Waals surface area contributed by atoms with Crippen molar-refractivity contribution in [2.75, 3.05) is 0 Å². The van der Waals surface area contributed by atoms with Gasteiger partial charge in [-0.25, -0.2) is 0 Å². The monoisotopic (exact) mass is 178 g/mol. The van der Waals surface area contributed by atoms with Gasteiger partial charge in [-0.2, -0.15) is 4.58 Å². The molecule has 0 radical (unpaired) electrons. The summed E-state index contributed by atoms with van der Waals surface area (Å²) in [5.41, 5.74) is 0.706. The normalized spacial score (nSPS) is 60.8. The van der Waals surface area contributed by atoms with Crippen molar-refractivity contribution in [3.05, 3.63) is 0 Å². The highest BCUT2D eigenvalue weighted by molar-refractivity contribution is 5.86. The number of rotatable bonds is 0. The minimum Gasteiger partial charge on any atom is -0.463 e. The largest absolute Gasteiger partial charge is 0.463 e. The summed E-state index contributed by atoms with van der Waals surface area (Å²) in [7, 11) is 0. The Morgan fingerprint density at radius 1 is 1.08 bits per heavy atom. The first-order valence-corrected chi connectivity index (χ1v) is 5.50. The summed E-state index contributed by atoms with van der Waals surface area (Å²) in [6, 6.07) is 0. The number of ketones is 1. The SMILES string of the molecule is [O-][O+]=C1C2CC3CC4CC1CC34C2. The topological polar surface area (TPSA) is 34.4 Å². The second kappa shape index (κ2) is 1.79. The van der Waals surface area contributed by atoms with Gasteiger partial charge >= 0.3 is 5.78 Å². The number of carbonyl (C=O) groups excluding carboxylic acids is 1. The Balaban J connectivity index is 1.87. The van der Waals surface area contributed by atoms with Gasteiger partial charge in [0.15, 0.2) is 0 Å². The van der Waals surface area contributed by atoms with E-state index in [4.69, 9.17) is 0 Å². The third-order valence-corrected chi connectivity index (χ3v) is 5.49. The van der Waals surface area contributed by atoms with Crippen molar-refractivity contribution in [1.82, 2.24) is 0 Å². The molecule has 0 N–H and O–H groups in total. The lowest BCUT2D eigenvalue weighted by Crippen LogP contribution is -2.42. The lowest BCUT2D eigenvalue weighted by molar-refractivity contribution is -1.05. The molecule has 70 valence electrons. The molecule has 1 spiro atoms. The molecule has 4 aliphatic rings. The van der Waals surface area contributed by atoms with Crippen LogP contribution in [0.15, 0.2) is 0 Å². The van der Waals surface area contributed by atoms with Crippen molar-refractivity contribution in [1.29, 1.82) is 0 Å². The molecule has 0 heterocycles. The summed E-state index contributed by atoms with van der Waals surface area (Å²) in [5.74, 6) is 3.95. The Labute approximate surface area is 77.6 Å². The predicted octanol–water partition coefficient (Wildman–Crippen LogP) is 0.823. The molecule has 0 aromatic heterocycles. The molecule has 3 bridgehead atoms. The van der Waals surface area contributed by atoms with Gasteiger partial charge in [0.1, 0.15) is 0 Å². The second-order valence-corrected chi connectivity index (χ2v) is 5.62. The molecule has 0 aromatic rings. The van der Waals surface area contributed by atoms with E-state index in [1.54, 1.807) is 0 Å². The quantitative estimate of drug-likeness (QED) is 0.307. The first kappa shape index (κ1) is 6.86. The molecule has 4 aliphatic carbocycles. The van der Waals surface area contributed by atoms with Crippen LogP contribution in [0.4, 0.5) is 0 Å². The van der Waals surface area contributed by atoms with E-state index in [1.165, 1.54) is 32.1 Å². The van der Waals surface area contributed by atoms with Crippen molar-refractivity contribution < 1.29 is 9.83 Å². The fourth-order valence-electron chi connectivity index (χ4n) is 5.07. The van der Waals surface area contributed by atoms with Crippen LogP contribution >= 0.6 is 0 Å². The van der Waals surface area contributed by atoms with E-state index in [2.05, 4.69) is 4.58 Å². The molecule has 4 unspecified atom stereocenters. The first-order valence-electron chi connectivity index (χ1n) is 5.50. The maximum atomic E-state index is 10.6. The van der Waals surface area contributed by atoms with Gasteiger partial charge in [0.2, 0.25) is 0 Å². The number of hydrogen-bond donors (Lipinski definition) is 0. The smallest absolute Gasteiger partial charge is 0.335 e.